The van der Waals surface area contributed by atoms with E-state index in [4.69, 9.17) is 0 Å². The average molecular weight is 327 g/mol. The van der Waals surface area contributed by atoms with Crippen LogP contribution in [0.1, 0.15) is 16.7 Å². The predicted octanol–water partition coefficient (Wildman–Crippen LogP) is 3.95. The van der Waals surface area contributed by atoms with Gasteiger partial charge in [0.15, 0.2) is 0 Å². The fourth-order valence-corrected chi connectivity index (χ4v) is 6.03. The summed E-state index contributed by atoms with van der Waals surface area (Å²) in [6, 6.07) is 30.6. The average Bonchev–Trinajstić information content (AvgIpc) is 2.96. The molecule has 0 unspecified atom stereocenters. The first-order chi connectivity index (χ1) is 10.4. The zero-order valence-corrected chi connectivity index (χ0v) is 13.7. The van der Waals surface area contributed by atoms with Gasteiger partial charge in [0.05, 0.1) is 0 Å². The maximum absolute atomic E-state index is 2.30. The number of hydrogen-bond acceptors (Lipinski definition) is 0. The topological polar surface area (TPSA) is 0 Å². The van der Waals surface area contributed by atoms with Crippen molar-refractivity contribution in [2.24, 2.45) is 0 Å². The molecule has 1 aliphatic heterocycles. The van der Waals surface area contributed by atoms with Crippen LogP contribution in [0, 0.1) is 0 Å². The molecule has 1 heterocycles. The fraction of sp³-hybridized carbons (Fsp3) is 0. The molecule has 0 saturated carbocycles. The normalized spacial score (nSPS) is 13.3. The van der Waals surface area contributed by atoms with Crippen LogP contribution in [0.4, 0.5) is 0 Å². The van der Waals surface area contributed by atoms with Crippen molar-refractivity contribution in [3.63, 3.8) is 0 Å². The third kappa shape index (κ3) is 2.26. The van der Waals surface area contributed by atoms with Crippen LogP contribution in [0.15, 0.2) is 84.9 Å². The van der Waals surface area contributed by atoms with Crippen molar-refractivity contribution >= 4 is 29.8 Å². The molecule has 0 fully saturated rings. The molecular formula is C20H14Ge. The van der Waals surface area contributed by atoms with Gasteiger partial charge < -0.3 is 0 Å². The second-order valence-corrected chi connectivity index (χ2v) is 7.86. The van der Waals surface area contributed by atoms with Gasteiger partial charge in [-0.2, -0.15) is 0 Å². The number of rotatable bonds is 2. The van der Waals surface area contributed by atoms with Crippen molar-refractivity contribution in [2.75, 3.05) is 0 Å². The molecule has 0 atom stereocenters. The van der Waals surface area contributed by atoms with Crippen LogP contribution in [0.3, 0.4) is 0 Å². The Bertz CT molecular complexity index is 802. The van der Waals surface area contributed by atoms with E-state index < -0.39 is 0 Å². The Morgan fingerprint density at radius 1 is 0.524 bits per heavy atom. The van der Waals surface area contributed by atoms with Gasteiger partial charge in [0.2, 0.25) is 0 Å². The van der Waals surface area contributed by atoms with E-state index in [9.17, 15) is 0 Å². The second kappa shape index (κ2) is 5.38. The summed E-state index contributed by atoms with van der Waals surface area (Å²) in [6.45, 7) is 0. The van der Waals surface area contributed by atoms with Gasteiger partial charge >= 0.3 is 131 Å². The van der Waals surface area contributed by atoms with Gasteiger partial charge in [0.1, 0.15) is 0 Å². The molecule has 98 valence electrons. The van der Waals surface area contributed by atoms with Crippen LogP contribution < -0.4 is 4.40 Å². The Hall–Kier alpha value is -2.06. The Morgan fingerprint density at radius 2 is 1.10 bits per heavy atom. The first-order valence-corrected chi connectivity index (χ1v) is 9.25. The van der Waals surface area contributed by atoms with E-state index in [0.29, 0.717) is 0 Å². The zero-order valence-electron chi connectivity index (χ0n) is 11.6. The SMILES string of the molecule is c1ccc([C]2=C(c3ccccc3)c3cccc[c]3[Ge]2)cc1. The van der Waals surface area contributed by atoms with Gasteiger partial charge in [0, 0.05) is 0 Å². The minimum absolute atomic E-state index is 0.262. The summed E-state index contributed by atoms with van der Waals surface area (Å²) in [4.78, 5) is 0. The van der Waals surface area contributed by atoms with Crippen molar-refractivity contribution < 1.29 is 0 Å². The van der Waals surface area contributed by atoms with Gasteiger partial charge in [-0.15, -0.1) is 0 Å². The molecule has 0 amide bonds. The molecule has 21 heavy (non-hydrogen) atoms. The van der Waals surface area contributed by atoms with Crippen LogP contribution in [0.25, 0.3) is 9.98 Å². The summed E-state index contributed by atoms with van der Waals surface area (Å²) in [5, 5.41) is 0. The predicted molar refractivity (Wildman–Crippen MR) is 90.6 cm³/mol. The van der Waals surface area contributed by atoms with Gasteiger partial charge in [0.25, 0.3) is 0 Å². The van der Waals surface area contributed by atoms with Crippen molar-refractivity contribution in [1.82, 2.24) is 0 Å². The monoisotopic (exact) mass is 328 g/mol. The molecule has 0 aromatic heterocycles. The first-order valence-electron chi connectivity index (χ1n) is 7.15. The molecule has 0 aliphatic carbocycles. The van der Waals surface area contributed by atoms with Gasteiger partial charge in [-0.05, 0) is 0 Å². The Balaban J connectivity index is 1.97. The summed E-state index contributed by atoms with van der Waals surface area (Å²) >= 11 is -0.262. The molecule has 1 heteroatoms. The van der Waals surface area contributed by atoms with E-state index in [1.54, 1.807) is 8.80 Å². The molecule has 1 aliphatic rings. The molecule has 3 aromatic rings. The summed E-state index contributed by atoms with van der Waals surface area (Å²) < 4.78 is 3.11. The maximum atomic E-state index is 2.30. The number of fused-ring (bicyclic) bond motifs is 1. The Morgan fingerprint density at radius 3 is 1.81 bits per heavy atom. The van der Waals surface area contributed by atoms with Crippen molar-refractivity contribution in [2.45, 2.75) is 0 Å². The molecule has 0 saturated heterocycles. The van der Waals surface area contributed by atoms with E-state index in [1.807, 2.05) is 0 Å². The Labute approximate surface area is 131 Å². The molecule has 2 radical (unpaired) electrons. The van der Waals surface area contributed by atoms with Crippen LogP contribution in [-0.2, 0) is 0 Å². The first kappa shape index (κ1) is 12.7. The van der Waals surface area contributed by atoms with Gasteiger partial charge in [-0.1, -0.05) is 0 Å². The van der Waals surface area contributed by atoms with E-state index in [2.05, 4.69) is 84.9 Å². The van der Waals surface area contributed by atoms with E-state index in [0.717, 1.165) is 0 Å². The van der Waals surface area contributed by atoms with Crippen molar-refractivity contribution in [3.05, 3.63) is 102 Å². The zero-order chi connectivity index (χ0) is 14.1. The van der Waals surface area contributed by atoms with Gasteiger partial charge in [-0.25, -0.2) is 0 Å². The number of benzene rings is 3. The van der Waals surface area contributed by atoms with E-state index in [1.165, 1.54) is 22.3 Å². The summed E-state index contributed by atoms with van der Waals surface area (Å²) in [6.07, 6.45) is 0. The molecule has 3 aromatic carbocycles. The third-order valence-corrected chi connectivity index (χ3v) is 6.97. The molecule has 0 nitrogen and oxygen atoms in total. The minimum atomic E-state index is -0.262. The summed E-state index contributed by atoms with van der Waals surface area (Å²) in [7, 11) is 0. The van der Waals surface area contributed by atoms with Crippen LogP contribution >= 0.6 is 0 Å². The van der Waals surface area contributed by atoms with Gasteiger partial charge in [-0.3, -0.25) is 0 Å². The van der Waals surface area contributed by atoms with Crippen LogP contribution in [-0.4, -0.2) is 15.4 Å². The van der Waals surface area contributed by atoms with E-state index in [-0.39, 0.29) is 15.4 Å². The van der Waals surface area contributed by atoms with E-state index >= 15 is 0 Å². The Kier molecular flexibility index (Phi) is 3.24. The molecule has 4 rings (SSSR count). The molecular weight excluding hydrogens is 313 g/mol. The molecule has 0 bridgehead atoms. The van der Waals surface area contributed by atoms with Crippen molar-refractivity contribution in [3.8, 4) is 0 Å². The fourth-order valence-electron chi connectivity index (χ4n) is 2.87. The second-order valence-electron chi connectivity index (χ2n) is 5.15. The molecule has 0 N–H and O–H groups in total. The quantitative estimate of drug-likeness (QED) is 0.626. The third-order valence-electron chi connectivity index (χ3n) is 3.83. The van der Waals surface area contributed by atoms with Crippen LogP contribution in [0.2, 0.25) is 0 Å². The number of hydrogen-bond donors (Lipinski definition) is 0. The van der Waals surface area contributed by atoms with Crippen molar-refractivity contribution in [1.29, 1.82) is 0 Å². The standard InChI is InChI=1S/C20H14Ge/c1-3-9-15(10-4-1)19-17-13-7-8-14-18(17)21-20(19)16-11-5-2-6-12-16/h1-14H. The summed E-state index contributed by atoms with van der Waals surface area (Å²) in [5.41, 5.74) is 5.59. The summed E-state index contributed by atoms with van der Waals surface area (Å²) in [5.74, 6) is 0. The van der Waals surface area contributed by atoms with Crippen LogP contribution in [0.5, 0.6) is 0 Å². The molecule has 0 spiro atoms.